The Labute approximate surface area is 229 Å². The van der Waals surface area contributed by atoms with Crippen molar-refractivity contribution in [2.45, 2.75) is 57.6 Å². The Kier molecular flexibility index (Phi) is 5.91. The Bertz CT molecular complexity index is 1630. The Hall–Kier alpha value is -4.06. The van der Waals surface area contributed by atoms with Gasteiger partial charge in [-0.25, -0.2) is 4.98 Å². The maximum absolute atomic E-state index is 6.41. The third-order valence-electron chi connectivity index (χ3n) is 8.78. The lowest BCUT2D eigenvalue weighted by molar-refractivity contribution is 0.296. The third kappa shape index (κ3) is 4.19. The van der Waals surface area contributed by atoms with E-state index in [0.29, 0.717) is 18.3 Å². The molecule has 0 radical (unpaired) electrons. The van der Waals surface area contributed by atoms with Gasteiger partial charge in [0.1, 0.15) is 12.4 Å². The molecule has 2 aliphatic rings. The van der Waals surface area contributed by atoms with E-state index in [4.69, 9.17) is 14.8 Å². The largest absolute Gasteiger partial charge is 0.487 e. The second-order valence-corrected chi connectivity index (χ2v) is 11.4. The fourth-order valence-electron chi connectivity index (χ4n) is 6.98. The van der Waals surface area contributed by atoms with Crippen LogP contribution in [-0.4, -0.2) is 25.2 Å². The van der Waals surface area contributed by atoms with Gasteiger partial charge in [0.15, 0.2) is 0 Å². The molecule has 0 amide bonds. The van der Waals surface area contributed by atoms with Crippen LogP contribution in [0.1, 0.15) is 62.4 Å². The van der Waals surface area contributed by atoms with Crippen molar-refractivity contribution >= 4 is 10.9 Å². The number of pyridine rings is 1. The Morgan fingerprint density at radius 2 is 1.79 bits per heavy atom. The van der Waals surface area contributed by atoms with Crippen molar-refractivity contribution in [3.63, 3.8) is 0 Å². The summed E-state index contributed by atoms with van der Waals surface area (Å²) in [6.45, 7) is 4.56. The average Bonchev–Trinajstić information content (AvgIpc) is 3.74. The highest BCUT2D eigenvalue weighted by molar-refractivity contribution is 5.78. The van der Waals surface area contributed by atoms with E-state index in [1.807, 2.05) is 30.3 Å². The molecule has 3 atom stereocenters. The van der Waals surface area contributed by atoms with Crippen LogP contribution in [0.4, 0.5) is 0 Å². The zero-order valence-electron chi connectivity index (χ0n) is 22.5. The van der Waals surface area contributed by atoms with E-state index in [-0.39, 0.29) is 11.5 Å². The molecule has 2 aliphatic carbocycles. The summed E-state index contributed by atoms with van der Waals surface area (Å²) in [5.41, 5.74) is 5.49. The van der Waals surface area contributed by atoms with Crippen LogP contribution in [0, 0.1) is 11.8 Å². The predicted molar refractivity (Wildman–Crippen MR) is 152 cm³/mol. The van der Waals surface area contributed by atoms with Gasteiger partial charge in [-0.3, -0.25) is 0 Å². The van der Waals surface area contributed by atoms with E-state index < -0.39 is 0 Å². The van der Waals surface area contributed by atoms with Gasteiger partial charge in [0, 0.05) is 16.4 Å². The van der Waals surface area contributed by atoms with E-state index in [1.54, 1.807) is 4.80 Å². The molecule has 0 spiro atoms. The minimum Gasteiger partial charge on any atom is -0.487 e. The molecule has 0 aliphatic heterocycles. The molecule has 7 rings (SSSR count). The summed E-state index contributed by atoms with van der Waals surface area (Å²) in [7, 11) is 0. The SMILES string of the molecule is CC(C)n1nnc(-c2ccc(OCc3ccc4ccccc4n3)cc2C2(c3ccccc3)CC3CCC2C3)n1. The molecule has 2 aromatic heterocycles. The first kappa shape index (κ1) is 24.0. The fourth-order valence-corrected chi connectivity index (χ4v) is 6.98. The van der Waals surface area contributed by atoms with E-state index in [9.17, 15) is 0 Å². The van der Waals surface area contributed by atoms with Crippen LogP contribution in [0.3, 0.4) is 0 Å². The van der Waals surface area contributed by atoms with Gasteiger partial charge in [-0.15, -0.1) is 10.2 Å². The minimum atomic E-state index is -0.0939. The molecule has 3 aromatic carbocycles. The van der Waals surface area contributed by atoms with Gasteiger partial charge in [0.05, 0.1) is 17.3 Å². The summed E-state index contributed by atoms with van der Waals surface area (Å²) in [6.07, 6.45) is 4.98. The fraction of sp³-hybridized carbons (Fsp3) is 0.333. The van der Waals surface area contributed by atoms with E-state index >= 15 is 0 Å². The van der Waals surface area contributed by atoms with Gasteiger partial charge in [0.25, 0.3) is 0 Å². The van der Waals surface area contributed by atoms with Crippen LogP contribution in [0.2, 0.25) is 0 Å². The number of hydrogen-bond acceptors (Lipinski definition) is 5. The lowest BCUT2D eigenvalue weighted by Crippen LogP contribution is -2.34. The second-order valence-electron chi connectivity index (χ2n) is 11.4. The van der Waals surface area contributed by atoms with Crippen LogP contribution in [0.25, 0.3) is 22.3 Å². The maximum atomic E-state index is 6.41. The number of aromatic nitrogens is 5. The minimum absolute atomic E-state index is 0.0939. The number of nitrogens with zero attached hydrogens (tertiary/aromatic N) is 5. The Morgan fingerprint density at radius 3 is 2.56 bits per heavy atom. The van der Waals surface area contributed by atoms with E-state index in [2.05, 4.69) is 78.8 Å². The topological polar surface area (TPSA) is 65.7 Å². The number of ether oxygens (including phenoxy) is 1. The molecular formula is C33H33N5O. The molecule has 3 unspecified atom stereocenters. The highest BCUT2D eigenvalue weighted by Crippen LogP contribution is 2.61. The molecule has 6 heteroatoms. The molecule has 0 N–H and O–H groups in total. The summed E-state index contributed by atoms with van der Waals surface area (Å²) in [5.74, 6) is 2.85. The van der Waals surface area contributed by atoms with Gasteiger partial charge in [0.2, 0.25) is 5.82 Å². The van der Waals surface area contributed by atoms with E-state index in [1.165, 1.54) is 30.4 Å². The molecule has 2 saturated carbocycles. The van der Waals surface area contributed by atoms with Crippen molar-refractivity contribution in [1.82, 2.24) is 25.2 Å². The van der Waals surface area contributed by atoms with Crippen molar-refractivity contribution < 1.29 is 4.74 Å². The quantitative estimate of drug-likeness (QED) is 0.230. The molecule has 6 nitrogen and oxygen atoms in total. The maximum Gasteiger partial charge on any atom is 0.205 e. The van der Waals surface area contributed by atoms with Crippen LogP contribution in [0.15, 0.2) is 84.9 Å². The Morgan fingerprint density at radius 1 is 0.949 bits per heavy atom. The lowest BCUT2D eigenvalue weighted by atomic mass is 9.63. The second kappa shape index (κ2) is 9.60. The monoisotopic (exact) mass is 515 g/mol. The van der Waals surface area contributed by atoms with Crippen LogP contribution >= 0.6 is 0 Å². The molecule has 0 saturated heterocycles. The summed E-state index contributed by atoms with van der Waals surface area (Å²) in [5, 5.41) is 14.8. The molecular weight excluding hydrogens is 482 g/mol. The van der Waals surface area contributed by atoms with Gasteiger partial charge < -0.3 is 4.74 Å². The first-order valence-corrected chi connectivity index (χ1v) is 14.1. The smallest absolute Gasteiger partial charge is 0.205 e. The van der Waals surface area contributed by atoms with Crippen molar-refractivity contribution in [2.24, 2.45) is 11.8 Å². The van der Waals surface area contributed by atoms with Crippen molar-refractivity contribution in [3.05, 3.63) is 102 Å². The van der Waals surface area contributed by atoms with Gasteiger partial charge in [-0.2, -0.15) is 4.80 Å². The van der Waals surface area contributed by atoms with Gasteiger partial charge in [-0.1, -0.05) is 61.0 Å². The number of hydrogen-bond donors (Lipinski definition) is 0. The Balaban J connectivity index is 1.32. The summed E-state index contributed by atoms with van der Waals surface area (Å²) >= 11 is 0. The highest BCUT2D eigenvalue weighted by Gasteiger charge is 2.53. The molecule has 2 fully saturated rings. The molecule has 39 heavy (non-hydrogen) atoms. The summed E-state index contributed by atoms with van der Waals surface area (Å²) in [6, 6.07) is 30.0. The number of para-hydroxylation sites is 1. The van der Waals surface area contributed by atoms with E-state index in [0.717, 1.165) is 40.2 Å². The standard InChI is InChI=1S/C33H33N5O/c1-22(2)38-36-32(35-37-38)29-17-16-28(39-21-27-15-13-24-8-6-7-11-31(24)34-27)19-30(29)33(25-9-4-3-5-10-25)20-23-12-14-26(33)18-23/h3-11,13,15-17,19,22-23,26H,12,14,18,20-21H2,1-2H3. The van der Waals surface area contributed by atoms with Crippen LogP contribution in [0.5, 0.6) is 5.75 Å². The third-order valence-corrected chi connectivity index (χ3v) is 8.78. The summed E-state index contributed by atoms with van der Waals surface area (Å²) < 4.78 is 6.41. The van der Waals surface area contributed by atoms with Crippen molar-refractivity contribution in [2.75, 3.05) is 0 Å². The van der Waals surface area contributed by atoms with Gasteiger partial charge >= 0.3 is 0 Å². The zero-order chi connectivity index (χ0) is 26.4. The molecule has 5 aromatic rings. The molecule has 2 heterocycles. The number of fused-ring (bicyclic) bond motifs is 3. The lowest BCUT2D eigenvalue weighted by Gasteiger charge is -2.40. The molecule has 2 bridgehead atoms. The number of benzene rings is 3. The number of rotatable bonds is 7. The van der Waals surface area contributed by atoms with Crippen molar-refractivity contribution in [1.29, 1.82) is 0 Å². The molecule has 196 valence electrons. The van der Waals surface area contributed by atoms with Gasteiger partial charge in [-0.05, 0) is 91.6 Å². The highest BCUT2D eigenvalue weighted by atomic mass is 16.5. The first-order valence-electron chi connectivity index (χ1n) is 14.1. The average molecular weight is 516 g/mol. The predicted octanol–water partition coefficient (Wildman–Crippen LogP) is 7.15. The van der Waals surface area contributed by atoms with Crippen molar-refractivity contribution in [3.8, 4) is 17.1 Å². The van der Waals surface area contributed by atoms with Crippen LogP contribution < -0.4 is 4.74 Å². The first-order chi connectivity index (χ1) is 19.1. The summed E-state index contributed by atoms with van der Waals surface area (Å²) in [4.78, 5) is 6.51. The normalized spacial score (nSPS) is 22.1. The number of tetrazole rings is 1. The zero-order valence-corrected chi connectivity index (χ0v) is 22.5. The van der Waals surface area contributed by atoms with Crippen LogP contribution in [-0.2, 0) is 12.0 Å².